The number of fused-ring (bicyclic) bond motifs is 2. The molecule has 4 rings (SSSR count). The minimum absolute atomic E-state index is 0.0377. The van der Waals surface area contributed by atoms with Crippen molar-refractivity contribution in [2.75, 3.05) is 13.1 Å². The molecule has 2 atom stereocenters. The Bertz CT molecular complexity index is 944. The third kappa shape index (κ3) is 3.50. The second-order valence-electron chi connectivity index (χ2n) is 9.84. The average molecular weight is 432 g/mol. The smallest absolute Gasteiger partial charge is 0.267 e. The predicted octanol–water partition coefficient (Wildman–Crippen LogP) is 4.18. The summed E-state index contributed by atoms with van der Waals surface area (Å²) in [5, 5.41) is 4.50. The summed E-state index contributed by atoms with van der Waals surface area (Å²) in [4.78, 5) is 12.8. The minimum Gasteiger partial charge on any atom is -0.267 e. The topological polar surface area (TPSA) is 78.8 Å². The average Bonchev–Trinajstić information content (AvgIpc) is 2.97. The quantitative estimate of drug-likeness (QED) is 0.726. The Balaban J connectivity index is 1.45. The van der Waals surface area contributed by atoms with Gasteiger partial charge in [-0.2, -0.15) is 9.41 Å². The van der Waals surface area contributed by atoms with Crippen molar-refractivity contribution < 1.29 is 13.2 Å². The largest absolute Gasteiger partial charge is 0.271 e. The van der Waals surface area contributed by atoms with Crippen LogP contribution in [0.25, 0.3) is 0 Å². The molecule has 1 saturated heterocycles. The zero-order valence-corrected chi connectivity index (χ0v) is 19.1. The Kier molecular flexibility index (Phi) is 5.56. The molecule has 7 heteroatoms. The summed E-state index contributed by atoms with van der Waals surface area (Å²) in [6.45, 7) is 8.00. The number of carbonyl (C=O) groups excluding carboxylic acids is 1. The summed E-state index contributed by atoms with van der Waals surface area (Å²) >= 11 is 0. The van der Waals surface area contributed by atoms with Gasteiger partial charge in [-0.25, -0.2) is 13.8 Å². The van der Waals surface area contributed by atoms with Crippen LogP contribution in [0.4, 0.5) is 0 Å². The van der Waals surface area contributed by atoms with E-state index in [-0.39, 0.29) is 21.6 Å². The fourth-order valence-corrected chi connectivity index (χ4v) is 7.01. The van der Waals surface area contributed by atoms with Crippen molar-refractivity contribution in [3.8, 4) is 0 Å². The minimum atomic E-state index is -3.51. The van der Waals surface area contributed by atoms with Crippen molar-refractivity contribution >= 4 is 21.6 Å². The molecule has 1 aromatic rings. The molecule has 6 nitrogen and oxygen atoms in total. The van der Waals surface area contributed by atoms with Crippen LogP contribution in [0.15, 0.2) is 34.3 Å². The van der Waals surface area contributed by atoms with Gasteiger partial charge in [0.1, 0.15) is 0 Å². The standard InChI is InChI=1S/C23H33N3O3S/c1-22(2)18-12-13-23(22,3)20(16-18)24-25-21(27)17-8-10-19(11-9-17)30(28,29)26-14-6-4-5-7-15-26/h8-11,18H,4-7,12-16H2,1-3H3,(H,25,27)/b24-20+/t18-,23-/m1/s1. The number of benzene rings is 1. The molecule has 2 bridgehead atoms. The molecule has 164 valence electrons. The van der Waals surface area contributed by atoms with Crippen LogP contribution in [0.5, 0.6) is 0 Å². The van der Waals surface area contributed by atoms with Gasteiger partial charge in [0, 0.05) is 29.8 Å². The maximum Gasteiger partial charge on any atom is 0.271 e. The van der Waals surface area contributed by atoms with Crippen LogP contribution in [-0.2, 0) is 10.0 Å². The molecule has 0 unspecified atom stereocenters. The van der Waals surface area contributed by atoms with Crippen LogP contribution < -0.4 is 5.43 Å². The molecule has 0 aromatic heterocycles. The Morgan fingerprint density at radius 1 is 1.07 bits per heavy atom. The van der Waals surface area contributed by atoms with Crippen LogP contribution in [0, 0.1) is 16.7 Å². The van der Waals surface area contributed by atoms with Gasteiger partial charge in [-0.1, -0.05) is 33.6 Å². The highest BCUT2D eigenvalue weighted by atomic mass is 32.2. The molecule has 2 aliphatic carbocycles. The third-order valence-corrected chi connectivity index (χ3v) is 10.0. The van der Waals surface area contributed by atoms with Crippen LogP contribution in [0.3, 0.4) is 0 Å². The molecule has 3 fully saturated rings. The SMILES string of the molecule is CC1(C)[C@@H]2CC[C@]1(C)/C(=N/NC(=O)c1ccc(S(=O)(=O)N3CCCCCC3)cc1)C2. The summed E-state index contributed by atoms with van der Waals surface area (Å²) in [5.41, 5.74) is 4.45. The molecule has 1 N–H and O–H groups in total. The highest BCUT2D eigenvalue weighted by molar-refractivity contribution is 7.89. The maximum atomic E-state index is 12.9. The molecular weight excluding hydrogens is 398 g/mol. The fraction of sp³-hybridized carbons (Fsp3) is 0.652. The van der Waals surface area contributed by atoms with Gasteiger partial charge >= 0.3 is 0 Å². The van der Waals surface area contributed by atoms with E-state index in [0.29, 0.717) is 24.6 Å². The first-order valence-corrected chi connectivity index (χ1v) is 12.6. The van der Waals surface area contributed by atoms with E-state index in [4.69, 9.17) is 0 Å². The number of hydrogen-bond donors (Lipinski definition) is 1. The number of hydrazone groups is 1. The maximum absolute atomic E-state index is 12.9. The lowest BCUT2D eigenvalue weighted by Gasteiger charge is -2.34. The predicted molar refractivity (Wildman–Crippen MR) is 118 cm³/mol. The lowest BCUT2D eigenvalue weighted by atomic mass is 9.70. The van der Waals surface area contributed by atoms with E-state index < -0.39 is 10.0 Å². The van der Waals surface area contributed by atoms with E-state index in [0.717, 1.165) is 44.2 Å². The second-order valence-corrected chi connectivity index (χ2v) is 11.8. The van der Waals surface area contributed by atoms with Gasteiger partial charge in [-0.3, -0.25) is 4.79 Å². The van der Waals surface area contributed by atoms with Gasteiger partial charge < -0.3 is 0 Å². The van der Waals surface area contributed by atoms with Crippen molar-refractivity contribution in [3.63, 3.8) is 0 Å². The first kappa shape index (κ1) is 21.5. The van der Waals surface area contributed by atoms with Crippen molar-refractivity contribution in [2.45, 2.75) is 70.6 Å². The molecule has 30 heavy (non-hydrogen) atoms. The lowest BCUT2D eigenvalue weighted by Crippen LogP contribution is -2.34. The molecule has 3 aliphatic rings. The molecule has 0 radical (unpaired) electrons. The summed E-state index contributed by atoms with van der Waals surface area (Å²) in [5.74, 6) is 0.326. The van der Waals surface area contributed by atoms with Gasteiger partial charge in [-0.05, 0) is 67.7 Å². The molecule has 1 amide bonds. The number of carbonyl (C=O) groups is 1. The van der Waals surface area contributed by atoms with E-state index in [9.17, 15) is 13.2 Å². The number of rotatable bonds is 4. The number of nitrogens with one attached hydrogen (secondary N) is 1. The molecule has 1 heterocycles. The molecular formula is C23H33N3O3S. The van der Waals surface area contributed by atoms with Crippen molar-refractivity contribution in [1.29, 1.82) is 0 Å². The zero-order valence-electron chi connectivity index (χ0n) is 18.3. The number of sulfonamides is 1. The van der Waals surface area contributed by atoms with E-state index in [1.54, 1.807) is 16.4 Å². The zero-order chi connectivity index (χ0) is 21.6. The van der Waals surface area contributed by atoms with E-state index in [1.807, 2.05) is 0 Å². The van der Waals surface area contributed by atoms with Crippen LogP contribution >= 0.6 is 0 Å². The van der Waals surface area contributed by atoms with E-state index >= 15 is 0 Å². The molecule has 1 aliphatic heterocycles. The number of amides is 1. The van der Waals surface area contributed by atoms with E-state index in [1.165, 1.54) is 18.6 Å². The fourth-order valence-electron chi connectivity index (χ4n) is 5.49. The van der Waals surface area contributed by atoms with Crippen LogP contribution in [0.1, 0.15) is 76.1 Å². The van der Waals surface area contributed by atoms with Gasteiger partial charge in [0.25, 0.3) is 5.91 Å². The van der Waals surface area contributed by atoms with Gasteiger partial charge in [0.2, 0.25) is 10.0 Å². The van der Waals surface area contributed by atoms with Crippen LogP contribution in [0.2, 0.25) is 0 Å². The monoisotopic (exact) mass is 431 g/mol. The Morgan fingerprint density at radius 3 is 2.23 bits per heavy atom. The highest BCUT2D eigenvalue weighted by Gasteiger charge is 2.60. The first-order valence-electron chi connectivity index (χ1n) is 11.1. The van der Waals surface area contributed by atoms with Crippen molar-refractivity contribution in [3.05, 3.63) is 29.8 Å². The molecule has 2 saturated carbocycles. The first-order chi connectivity index (χ1) is 14.2. The van der Waals surface area contributed by atoms with E-state index in [2.05, 4.69) is 31.3 Å². The van der Waals surface area contributed by atoms with Gasteiger partial charge in [0.15, 0.2) is 0 Å². The summed E-state index contributed by atoms with van der Waals surface area (Å²) < 4.78 is 27.4. The van der Waals surface area contributed by atoms with Gasteiger partial charge in [-0.15, -0.1) is 0 Å². The molecule has 0 spiro atoms. The summed E-state index contributed by atoms with van der Waals surface area (Å²) in [7, 11) is -3.51. The Morgan fingerprint density at radius 2 is 1.70 bits per heavy atom. The van der Waals surface area contributed by atoms with Crippen molar-refractivity contribution in [1.82, 2.24) is 9.73 Å². The number of nitrogens with zero attached hydrogens (tertiary/aromatic N) is 2. The highest BCUT2D eigenvalue weighted by Crippen LogP contribution is 2.63. The number of hydrogen-bond acceptors (Lipinski definition) is 4. The van der Waals surface area contributed by atoms with Crippen molar-refractivity contribution in [2.24, 2.45) is 21.8 Å². The van der Waals surface area contributed by atoms with Crippen LogP contribution in [-0.4, -0.2) is 37.4 Å². The second kappa shape index (κ2) is 7.75. The molecule has 1 aromatic carbocycles. The van der Waals surface area contributed by atoms with Gasteiger partial charge in [0.05, 0.1) is 4.90 Å². The Hall–Kier alpha value is -1.73. The third-order valence-electron chi connectivity index (χ3n) is 8.12. The Labute approximate surface area is 180 Å². The normalized spacial score (nSPS) is 30.4. The lowest BCUT2D eigenvalue weighted by molar-refractivity contribution is 0.0953. The summed E-state index contributed by atoms with van der Waals surface area (Å²) in [6.07, 6.45) is 7.23. The summed E-state index contributed by atoms with van der Waals surface area (Å²) in [6, 6.07) is 6.22.